The monoisotopic (exact) mass is 658 g/mol. The maximum atomic E-state index is 14.1. The first-order valence-electron chi connectivity index (χ1n) is 13.2. The summed E-state index contributed by atoms with van der Waals surface area (Å²) in [6.45, 7) is 2.47. The molecule has 1 saturated heterocycles. The third kappa shape index (κ3) is 5.70. The highest BCUT2D eigenvalue weighted by Crippen LogP contribution is 2.53. The average molecular weight is 660 g/mol. The Balaban J connectivity index is 1.51. The van der Waals surface area contributed by atoms with Crippen molar-refractivity contribution >= 4 is 63.9 Å². The van der Waals surface area contributed by atoms with Crippen LogP contribution in [0.2, 0.25) is 20.1 Å². The van der Waals surface area contributed by atoms with Gasteiger partial charge in [-0.25, -0.2) is 4.79 Å². The molecule has 42 heavy (non-hydrogen) atoms. The molecule has 3 atom stereocenters. The van der Waals surface area contributed by atoms with Crippen LogP contribution in [0.3, 0.4) is 0 Å². The van der Waals surface area contributed by atoms with Gasteiger partial charge in [0.2, 0.25) is 11.4 Å². The number of ketones is 2. The highest BCUT2D eigenvalue weighted by Gasteiger charge is 2.60. The third-order valence-corrected chi connectivity index (χ3v) is 8.41. The summed E-state index contributed by atoms with van der Waals surface area (Å²) in [6, 6.07) is 4.01. The number of methoxy groups -OCH3 is 1. The van der Waals surface area contributed by atoms with Crippen LogP contribution in [0, 0.1) is 5.92 Å². The second kappa shape index (κ2) is 12.6. The summed E-state index contributed by atoms with van der Waals surface area (Å²) in [5.74, 6) is -2.53. The first-order chi connectivity index (χ1) is 20.1. The van der Waals surface area contributed by atoms with Crippen LogP contribution in [0.15, 0.2) is 30.0 Å². The van der Waals surface area contributed by atoms with Crippen LogP contribution in [-0.4, -0.2) is 56.4 Å². The molecule has 224 valence electrons. The second-order valence-electron chi connectivity index (χ2n) is 9.99. The third-order valence-electron chi connectivity index (χ3n) is 7.25. The largest absolute Gasteiger partial charge is 0.496 e. The van der Waals surface area contributed by atoms with E-state index in [9.17, 15) is 14.4 Å². The fourth-order valence-corrected chi connectivity index (χ4v) is 6.38. The van der Waals surface area contributed by atoms with E-state index in [0.29, 0.717) is 6.61 Å². The fraction of sp³-hybridized carbons (Fsp3) is 0.414. The zero-order valence-corrected chi connectivity index (χ0v) is 25.6. The van der Waals surface area contributed by atoms with Gasteiger partial charge in [0.25, 0.3) is 0 Å². The van der Waals surface area contributed by atoms with Gasteiger partial charge in [-0.3, -0.25) is 9.59 Å². The van der Waals surface area contributed by atoms with E-state index in [1.54, 1.807) is 6.92 Å². The molecule has 3 aliphatic rings. The van der Waals surface area contributed by atoms with E-state index in [-0.39, 0.29) is 85.9 Å². The molecule has 0 saturated carbocycles. The van der Waals surface area contributed by atoms with Crippen molar-refractivity contribution in [3.05, 3.63) is 61.3 Å². The van der Waals surface area contributed by atoms with Gasteiger partial charge in [0, 0.05) is 30.0 Å². The van der Waals surface area contributed by atoms with Gasteiger partial charge in [-0.2, -0.15) is 0 Å². The molecule has 2 aromatic rings. The summed E-state index contributed by atoms with van der Waals surface area (Å²) >= 11 is 25.1. The van der Waals surface area contributed by atoms with Crippen molar-refractivity contribution in [3.8, 4) is 17.2 Å². The Morgan fingerprint density at radius 1 is 1.07 bits per heavy atom. The van der Waals surface area contributed by atoms with Crippen LogP contribution in [0.1, 0.15) is 53.3 Å². The lowest BCUT2D eigenvalue weighted by Gasteiger charge is -2.36. The Morgan fingerprint density at radius 2 is 1.81 bits per heavy atom. The Bertz CT molecular complexity index is 1440. The average Bonchev–Trinajstić information content (AvgIpc) is 3.26. The van der Waals surface area contributed by atoms with Crippen molar-refractivity contribution in [1.82, 2.24) is 0 Å². The minimum absolute atomic E-state index is 0.00219. The molecule has 0 N–H and O–H groups in total. The van der Waals surface area contributed by atoms with Crippen LogP contribution in [0.4, 0.5) is 0 Å². The molecule has 0 aromatic heterocycles. The predicted octanol–water partition coefficient (Wildman–Crippen LogP) is 6.89. The summed E-state index contributed by atoms with van der Waals surface area (Å²) in [7, 11) is 1.34. The molecule has 0 amide bonds. The first kappa shape index (κ1) is 30.9. The Labute approximate surface area is 261 Å². The zero-order valence-electron chi connectivity index (χ0n) is 22.6. The van der Waals surface area contributed by atoms with E-state index in [1.165, 1.54) is 31.4 Å². The standard InChI is InChI=1S/C29H26Cl4O9/c1-14-9-16(34)12-21(37-2)29(14)27(35)23-20(38-7-8-40-22-5-3-4-6-39-22)13-17(24(33)26(23)42-29)28(36)41-25-18(31)10-15(30)11-19(25)32/h10-14,22H,3-9H2,1-2H3/t14-,22?,29+/m1/s1. The Kier molecular flexibility index (Phi) is 9.27. The van der Waals surface area contributed by atoms with Gasteiger partial charge < -0.3 is 28.4 Å². The van der Waals surface area contributed by atoms with Crippen LogP contribution >= 0.6 is 46.4 Å². The molecule has 2 aliphatic heterocycles. The van der Waals surface area contributed by atoms with E-state index in [2.05, 4.69) is 0 Å². The Morgan fingerprint density at radius 3 is 2.48 bits per heavy atom. The summed E-state index contributed by atoms with van der Waals surface area (Å²) in [5, 5.41) is 0.0339. The number of halogens is 4. The number of ether oxygens (including phenoxy) is 6. The normalized spacial score (nSPS) is 23.3. The fourth-order valence-electron chi connectivity index (χ4n) is 5.22. The van der Waals surface area contributed by atoms with Gasteiger partial charge in [0.15, 0.2) is 29.3 Å². The zero-order chi connectivity index (χ0) is 30.2. The van der Waals surface area contributed by atoms with E-state index in [1.807, 2.05) is 0 Å². The number of allylic oxidation sites excluding steroid dienone is 1. The SMILES string of the molecule is COC1=CC(=O)C[C@@H](C)[C@]12Oc1c(Cl)c(C(=O)Oc3c(Cl)cc(Cl)cc3Cl)cc(OCCOC3CCCCO3)c1C2=O. The minimum atomic E-state index is -1.69. The van der Waals surface area contributed by atoms with Gasteiger partial charge in [-0.15, -0.1) is 0 Å². The lowest BCUT2D eigenvalue weighted by Crippen LogP contribution is -2.51. The maximum absolute atomic E-state index is 14.1. The number of Topliss-reactive ketones (excluding diaryl/α,β-unsaturated/α-hetero) is 1. The molecule has 2 heterocycles. The molecule has 2 aromatic carbocycles. The predicted molar refractivity (Wildman–Crippen MR) is 154 cm³/mol. The number of hydrogen-bond donors (Lipinski definition) is 0. The number of rotatable bonds is 8. The Hall–Kier alpha value is -2.53. The molecule has 1 fully saturated rings. The van der Waals surface area contributed by atoms with E-state index >= 15 is 0 Å². The molecule has 0 bridgehead atoms. The van der Waals surface area contributed by atoms with Crippen LogP contribution in [0.25, 0.3) is 0 Å². The molecule has 0 radical (unpaired) electrons. The highest BCUT2D eigenvalue weighted by atomic mass is 35.5. The van der Waals surface area contributed by atoms with Gasteiger partial charge in [0.05, 0.1) is 34.3 Å². The number of benzene rings is 2. The number of carbonyl (C=O) groups is 3. The van der Waals surface area contributed by atoms with E-state index in [4.69, 9.17) is 74.8 Å². The smallest absolute Gasteiger partial charge is 0.345 e. The van der Waals surface area contributed by atoms with Gasteiger partial charge in [-0.1, -0.05) is 53.3 Å². The van der Waals surface area contributed by atoms with Crippen LogP contribution in [0.5, 0.6) is 17.2 Å². The minimum Gasteiger partial charge on any atom is -0.496 e. The lowest BCUT2D eigenvalue weighted by atomic mass is 9.75. The maximum Gasteiger partial charge on any atom is 0.345 e. The van der Waals surface area contributed by atoms with Gasteiger partial charge >= 0.3 is 5.97 Å². The van der Waals surface area contributed by atoms with Crippen molar-refractivity contribution in [2.75, 3.05) is 26.9 Å². The molecular weight excluding hydrogens is 634 g/mol. The van der Waals surface area contributed by atoms with Crippen molar-refractivity contribution in [2.45, 2.75) is 44.5 Å². The number of esters is 1. The van der Waals surface area contributed by atoms with Crippen LogP contribution < -0.4 is 14.2 Å². The molecular formula is C29H26Cl4O9. The van der Waals surface area contributed by atoms with Crippen molar-refractivity contribution in [3.63, 3.8) is 0 Å². The summed E-state index contributed by atoms with van der Waals surface area (Å²) in [4.78, 5) is 39.8. The number of fused-ring (bicyclic) bond motifs is 1. The molecule has 1 spiro atoms. The number of carbonyl (C=O) groups excluding carboxylic acids is 3. The van der Waals surface area contributed by atoms with Crippen molar-refractivity contribution in [1.29, 1.82) is 0 Å². The van der Waals surface area contributed by atoms with Gasteiger partial charge in [0.1, 0.15) is 17.9 Å². The van der Waals surface area contributed by atoms with Crippen LogP contribution in [-0.2, 0) is 19.0 Å². The van der Waals surface area contributed by atoms with Gasteiger partial charge in [-0.05, 0) is 37.5 Å². The number of hydrogen-bond acceptors (Lipinski definition) is 9. The second-order valence-corrected chi connectivity index (χ2v) is 11.6. The van der Waals surface area contributed by atoms with Crippen molar-refractivity contribution < 1.29 is 42.8 Å². The highest BCUT2D eigenvalue weighted by molar-refractivity contribution is 6.40. The summed E-state index contributed by atoms with van der Waals surface area (Å²) < 4.78 is 34.5. The summed E-state index contributed by atoms with van der Waals surface area (Å²) in [6.07, 6.45) is 3.65. The van der Waals surface area contributed by atoms with E-state index < -0.39 is 23.3 Å². The van der Waals surface area contributed by atoms with Crippen molar-refractivity contribution in [2.24, 2.45) is 5.92 Å². The molecule has 1 aliphatic carbocycles. The molecule has 5 rings (SSSR count). The summed E-state index contributed by atoms with van der Waals surface area (Å²) in [5.41, 5.74) is -1.88. The molecule has 9 nitrogen and oxygen atoms in total. The van der Waals surface area contributed by atoms with E-state index in [0.717, 1.165) is 19.3 Å². The topological polar surface area (TPSA) is 107 Å². The first-order valence-corrected chi connectivity index (χ1v) is 14.7. The quantitative estimate of drug-likeness (QED) is 0.170. The lowest BCUT2D eigenvalue weighted by molar-refractivity contribution is -0.165. The molecule has 13 heteroatoms. The molecule has 1 unspecified atom stereocenters.